The number of benzene rings is 1. The topological polar surface area (TPSA) is 47.7 Å². The molecule has 0 bridgehead atoms. The van der Waals surface area contributed by atoms with E-state index in [9.17, 15) is 0 Å². The number of hydrogen-bond acceptors (Lipinski definition) is 2. The Bertz CT molecular complexity index is 404. The van der Waals surface area contributed by atoms with E-state index in [1.807, 2.05) is 24.3 Å². The fourth-order valence-electron chi connectivity index (χ4n) is 1.13. The van der Waals surface area contributed by atoms with Crippen molar-refractivity contribution in [2.24, 2.45) is 0 Å². The van der Waals surface area contributed by atoms with E-state index in [0.29, 0.717) is 10.7 Å². The normalized spacial score (nSPS) is 10.8. The molecule has 0 aliphatic heterocycles. The zero-order chi connectivity index (χ0) is 7.14. The van der Waals surface area contributed by atoms with E-state index in [2.05, 4.69) is 0 Å². The first-order valence-electron chi connectivity index (χ1n) is 3.08. The minimum atomic E-state index is 0.371. The molecule has 2 rings (SSSR count). The lowest BCUT2D eigenvalue weighted by Crippen LogP contribution is -2.30. The van der Waals surface area contributed by atoms with E-state index in [1.54, 1.807) is 0 Å². The lowest BCUT2D eigenvalue weighted by atomic mass is 10.1. The maximum Gasteiger partial charge on any atom is 0.0874 e. The van der Waals surface area contributed by atoms with Gasteiger partial charge in [-0.3, -0.25) is 10.8 Å². The van der Waals surface area contributed by atoms with Crippen LogP contribution in [0.4, 0.5) is 0 Å². The minimum absolute atomic E-state index is 0.371. The van der Waals surface area contributed by atoms with Gasteiger partial charge in [0.15, 0.2) is 0 Å². The van der Waals surface area contributed by atoms with E-state index in [0.717, 1.165) is 10.8 Å². The molecular formula is C8H6N2. The van der Waals surface area contributed by atoms with Gasteiger partial charge in [-0.1, -0.05) is 24.3 Å². The largest absolute Gasteiger partial charge is 0.298 e. The van der Waals surface area contributed by atoms with Gasteiger partial charge < -0.3 is 0 Å². The summed E-state index contributed by atoms with van der Waals surface area (Å²) in [5, 5.41) is 17.1. The van der Waals surface area contributed by atoms with Gasteiger partial charge in [0.2, 0.25) is 0 Å². The number of hydrogen-bond donors (Lipinski definition) is 2. The van der Waals surface area contributed by atoms with Gasteiger partial charge in [-0.2, -0.15) is 0 Å². The molecule has 0 aliphatic rings. The Kier molecular flexibility index (Phi) is 0.822. The van der Waals surface area contributed by atoms with Gasteiger partial charge in [-0.25, -0.2) is 0 Å². The molecule has 0 heterocycles. The molecule has 0 saturated carbocycles. The van der Waals surface area contributed by atoms with Gasteiger partial charge >= 0.3 is 0 Å². The Morgan fingerprint density at radius 1 is 0.800 bits per heavy atom. The van der Waals surface area contributed by atoms with Gasteiger partial charge in [0.1, 0.15) is 0 Å². The fourth-order valence-corrected chi connectivity index (χ4v) is 1.13. The van der Waals surface area contributed by atoms with E-state index in [-0.39, 0.29) is 0 Å². The SMILES string of the molecule is N=c1c(=N)c2ccccc12. The van der Waals surface area contributed by atoms with Crippen molar-refractivity contribution in [3.8, 4) is 0 Å². The summed E-state index contributed by atoms with van der Waals surface area (Å²) in [5.74, 6) is 0. The molecule has 0 aromatic heterocycles. The van der Waals surface area contributed by atoms with E-state index >= 15 is 0 Å². The highest BCUT2D eigenvalue weighted by molar-refractivity contribution is 5.86. The highest BCUT2D eigenvalue weighted by Gasteiger charge is 2.02. The third kappa shape index (κ3) is 0.436. The molecule has 2 aromatic carbocycles. The van der Waals surface area contributed by atoms with Crippen molar-refractivity contribution < 1.29 is 0 Å². The quantitative estimate of drug-likeness (QED) is 0.526. The fraction of sp³-hybridized carbons (Fsp3) is 0. The van der Waals surface area contributed by atoms with Crippen LogP contribution < -0.4 is 10.7 Å². The Morgan fingerprint density at radius 3 is 1.60 bits per heavy atom. The average Bonchev–Trinajstić information content (AvgIpc) is 2.03. The molecule has 48 valence electrons. The van der Waals surface area contributed by atoms with Crippen LogP contribution in [-0.2, 0) is 0 Å². The van der Waals surface area contributed by atoms with Crippen LogP contribution in [0.5, 0.6) is 0 Å². The number of rotatable bonds is 0. The lowest BCUT2D eigenvalue weighted by molar-refractivity contribution is 1.15. The van der Waals surface area contributed by atoms with Crippen LogP contribution in [0.2, 0.25) is 0 Å². The molecule has 2 heteroatoms. The summed E-state index contributed by atoms with van der Waals surface area (Å²) in [7, 11) is 0. The van der Waals surface area contributed by atoms with Crippen molar-refractivity contribution in [3.63, 3.8) is 0 Å². The van der Waals surface area contributed by atoms with Crippen molar-refractivity contribution >= 4 is 10.8 Å². The summed E-state index contributed by atoms with van der Waals surface area (Å²) in [6.07, 6.45) is 0. The van der Waals surface area contributed by atoms with Crippen molar-refractivity contribution in [2.75, 3.05) is 0 Å². The molecule has 0 atom stereocenters. The standard InChI is InChI=1S/C8H6N2/c9-7-5-3-1-2-4-6(5)8(7)10/h1-4,9-10H. The lowest BCUT2D eigenvalue weighted by Gasteiger charge is -1.99. The minimum Gasteiger partial charge on any atom is -0.298 e. The van der Waals surface area contributed by atoms with Crippen LogP contribution in [0, 0.1) is 10.8 Å². The highest BCUT2D eigenvalue weighted by atomic mass is 14.5. The van der Waals surface area contributed by atoms with Gasteiger partial charge in [-0.15, -0.1) is 0 Å². The smallest absolute Gasteiger partial charge is 0.0874 e. The molecule has 0 amide bonds. The van der Waals surface area contributed by atoms with Crippen molar-refractivity contribution in [1.82, 2.24) is 0 Å². The molecule has 2 nitrogen and oxygen atoms in total. The van der Waals surface area contributed by atoms with E-state index in [1.165, 1.54) is 0 Å². The number of nitrogens with one attached hydrogen (secondary N) is 2. The Balaban J connectivity index is 3.09. The summed E-state index contributed by atoms with van der Waals surface area (Å²) in [6.45, 7) is 0. The molecule has 10 heavy (non-hydrogen) atoms. The van der Waals surface area contributed by atoms with Crippen LogP contribution in [0.1, 0.15) is 0 Å². The maximum atomic E-state index is 7.29. The molecule has 0 saturated heterocycles. The molecule has 2 N–H and O–H groups in total. The summed E-state index contributed by atoms with van der Waals surface area (Å²) in [5.41, 5.74) is 0. The maximum absolute atomic E-state index is 7.29. The Hall–Kier alpha value is -1.44. The summed E-state index contributed by atoms with van der Waals surface area (Å²) in [4.78, 5) is 0. The second-order valence-corrected chi connectivity index (χ2v) is 2.30. The van der Waals surface area contributed by atoms with Gasteiger partial charge in [-0.05, 0) is 0 Å². The summed E-state index contributed by atoms with van der Waals surface area (Å²) >= 11 is 0. The first-order valence-corrected chi connectivity index (χ1v) is 3.08. The first-order chi connectivity index (χ1) is 4.80. The predicted molar refractivity (Wildman–Crippen MR) is 38.0 cm³/mol. The Labute approximate surface area is 57.5 Å². The zero-order valence-electron chi connectivity index (χ0n) is 5.31. The molecule has 2 aromatic rings. The van der Waals surface area contributed by atoms with Gasteiger partial charge in [0.05, 0.1) is 10.7 Å². The van der Waals surface area contributed by atoms with Crippen LogP contribution in [0.3, 0.4) is 0 Å². The summed E-state index contributed by atoms with van der Waals surface area (Å²) < 4.78 is 0. The Morgan fingerprint density at radius 2 is 1.20 bits per heavy atom. The second-order valence-electron chi connectivity index (χ2n) is 2.30. The van der Waals surface area contributed by atoms with Crippen LogP contribution in [-0.4, -0.2) is 0 Å². The van der Waals surface area contributed by atoms with E-state index < -0.39 is 0 Å². The zero-order valence-corrected chi connectivity index (χ0v) is 5.31. The van der Waals surface area contributed by atoms with E-state index in [4.69, 9.17) is 10.8 Å². The molecule has 0 unspecified atom stereocenters. The monoisotopic (exact) mass is 130 g/mol. The molecule has 0 spiro atoms. The molecule has 0 aliphatic carbocycles. The molecular weight excluding hydrogens is 124 g/mol. The predicted octanol–water partition coefficient (Wildman–Crippen LogP) is 0.674. The molecule has 0 radical (unpaired) electrons. The van der Waals surface area contributed by atoms with Crippen LogP contribution in [0.15, 0.2) is 24.3 Å². The van der Waals surface area contributed by atoms with Crippen molar-refractivity contribution in [3.05, 3.63) is 35.0 Å². The third-order valence-corrected chi connectivity index (χ3v) is 1.72. The van der Waals surface area contributed by atoms with Crippen LogP contribution >= 0.6 is 0 Å². The summed E-state index contributed by atoms with van der Waals surface area (Å²) in [6, 6.07) is 7.52. The van der Waals surface area contributed by atoms with Gasteiger partial charge in [0, 0.05) is 10.8 Å². The van der Waals surface area contributed by atoms with Gasteiger partial charge in [0.25, 0.3) is 0 Å². The highest BCUT2D eigenvalue weighted by Crippen LogP contribution is 2.03. The number of fused-ring (bicyclic) bond motifs is 1. The van der Waals surface area contributed by atoms with Crippen molar-refractivity contribution in [2.45, 2.75) is 0 Å². The average molecular weight is 130 g/mol. The van der Waals surface area contributed by atoms with Crippen LogP contribution in [0.25, 0.3) is 10.8 Å². The second kappa shape index (κ2) is 1.53. The first kappa shape index (κ1) is 5.35. The molecule has 0 fully saturated rings. The third-order valence-electron chi connectivity index (χ3n) is 1.72. The van der Waals surface area contributed by atoms with Crippen molar-refractivity contribution in [1.29, 1.82) is 10.8 Å².